The van der Waals surface area contributed by atoms with E-state index in [-0.39, 0.29) is 0 Å². The Hall–Kier alpha value is -1.64. The Morgan fingerprint density at radius 2 is 1.74 bits per heavy atom. The molecule has 0 radical (unpaired) electrons. The quantitative estimate of drug-likeness (QED) is 0.822. The van der Waals surface area contributed by atoms with E-state index in [4.69, 9.17) is 0 Å². The lowest BCUT2D eigenvalue weighted by atomic mass is 9.92. The van der Waals surface area contributed by atoms with E-state index in [9.17, 15) is 0 Å². The molecule has 2 aromatic rings. The summed E-state index contributed by atoms with van der Waals surface area (Å²) in [6.07, 6.45) is 6.10. The van der Waals surface area contributed by atoms with Crippen LogP contribution in [0.25, 0.3) is 0 Å². The fourth-order valence-electron chi connectivity index (χ4n) is 3.21. The normalized spacial score (nSPS) is 22.8. The number of hydrogen-bond donors (Lipinski definition) is 0. The van der Waals surface area contributed by atoms with E-state index in [0.29, 0.717) is 11.8 Å². The van der Waals surface area contributed by atoms with Crippen molar-refractivity contribution in [3.8, 4) is 0 Å². The Kier molecular flexibility index (Phi) is 2.64. The summed E-state index contributed by atoms with van der Waals surface area (Å²) in [6.45, 7) is 1.09. The molecule has 2 aliphatic rings. The lowest BCUT2D eigenvalue weighted by Crippen LogP contribution is -2.06. The number of aryl methyl sites for hydroxylation is 1. The standard InChI is InChI=1S/C16H19N3/c1-2-4-12(5-3-1)13-8-9-15-17-18-16(14-6-7-14)19(15)11-10-13/h1-5,13-14H,6-11H2. The van der Waals surface area contributed by atoms with Crippen LogP contribution >= 0.6 is 0 Å². The third kappa shape index (κ3) is 2.07. The van der Waals surface area contributed by atoms with Gasteiger partial charge in [0, 0.05) is 18.9 Å². The molecule has 3 heteroatoms. The van der Waals surface area contributed by atoms with Gasteiger partial charge in [-0.25, -0.2) is 0 Å². The molecule has 0 spiro atoms. The van der Waals surface area contributed by atoms with Gasteiger partial charge in [-0.05, 0) is 37.2 Å². The minimum absolute atomic E-state index is 0.676. The van der Waals surface area contributed by atoms with E-state index in [2.05, 4.69) is 45.1 Å². The molecule has 1 aliphatic carbocycles. The van der Waals surface area contributed by atoms with E-state index in [1.165, 1.54) is 42.9 Å². The van der Waals surface area contributed by atoms with Crippen LogP contribution in [0.5, 0.6) is 0 Å². The van der Waals surface area contributed by atoms with Crippen LogP contribution in [0.15, 0.2) is 30.3 Å². The molecule has 1 aromatic heterocycles. The van der Waals surface area contributed by atoms with Gasteiger partial charge in [0.05, 0.1) is 0 Å². The largest absolute Gasteiger partial charge is 0.315 e. The van der Waals surface area contributed by atoms with E-state index in [1.54, 1.807) is 0 Å². The molecule has 1 saturated carbocycles. The topological polar surface area (TPSA) is 30.7 Å². The molecule has 1 unspecified atom stereocenters. The fraction of sp³-hybridized carbons (Fsp3) is 0.500. The number of rotatable bonds is 2. The van der Waals surface area contributed by atoms with Gasteiger partial charge in [0.15, 0.2) is 0 Å². The highest BCUT2D eigenvalue weighted by molar-refractivity contribution is 5.20. The van der Waals surface area contributed by atoms with Crippen molar-refractivity contribution in [3.63, 3.8) is 0 Å². The first-order valence-electron chi connectivity index (χ1n) is 7.39. The fourth-order valence-corrected chi connectivity index (χ4v) is 3.21. The highest BCUT2D eigenvalue weighted by Crippen LogP contribution is 2.40. The minimum atomic E-state index is 0.676. The second-order valence-electron chi connectivity index (χ2n) is 5.84. The maximum Gasteiger partial charge on any atom is 0.136 e. The number of benzene rings is 1. The van der Waals surface area contributed by atoms with Crippen LogP contribution in [0.1, 0.15) is 54.7 Å². The van der Waals surface area contributed by atoms with Gasteiger partial charge in [0.2, 0.25) is 0 Å². The molecular formula is C16H19N3. The Bertz CT molecular complexity index is 569. The summed E-state index contributed by atoms with van der Waals surface area (Å²) in [5.74, 6) is 3.84. The third-order valence-corrected chi connectivity index (χ3v) is 4.49. The van der Waals surface area contributed by atoms with Gasteiger partial charge in [-0.15, -0.1) is 10.2 Å². The summed E-state index contributed by atoms with van der Waals surface area (Å²) < 4.78 is 2.40. The van der Waals surface area contributed by atoms with Crippen LogP contribution in [-0.4, -0.2) is 14.8 Å². The summed E-state index contributed by atoms with van der Waals surface area (Å²) in [4.78, 5) is 0. The van der Waals surface area contributed by atoms with Crippen molar-refractivity contribution in [1.29, 1.82) is 0 Å². The van der Waals surface area contributed by atoms with Crippen molar-refractivity contribution in [2.45, 2.75) is 50.5 Å². The van der Waals surface area contributed by atoms with Crippen molar-refractivity contribution < 1.29 is 0 Å². The van der Waals surface area contributed by atoms with Crippen LogP contribution in [0.3, 0.4) is 0 Å². The molecule has 0 saturated heterocycles. The van der Waals surface area contributed by atoms with E-state index >= 15 is 0 Å². The molecule has 1 atom stereocenters. The summed E-state index contributed by atoms with van der Waals surface area (Å²) in [7, 11) is 0. The molecule has 3 nitrogen and oxygen atoms in total. The first kappa shape index (κ1) is 11.2. The summed E-state index contributed by atoms with van der Waals surface area (Å²) in [5, 5.41) is 8.83. The van der Waals surface area contributed by atoms with Gasteiger partial charge >= 0.3 is 0 Å². The average Bonchev–Trinajstić information content (AvgIpc) is 3.26. The Labute approximate surface area is 113 Å². The first-order valence-corrected chi connectivity index (χ1v) is 7.39. The molecule has 0 N–H and O–H groups in total. The predicted molar refractivity (Wildman–Crippen MR) is 74.1 cm³/mol. The Morgan fingerprint density at radius 1 is 0.895 bits per heavy atom. The van der Waals surface area contributed by atoms with Gasteiger partial charge in [-0.3, -0.25) is 0 Å². The Balaban J connectivity index is 1.58. The maximum atomic E-state index is 4.42. The zero-order chi connectivity index (χ0) is 12.7. The second kappa shape index (κ2) is 4.48. The number of nitrogens with zero attached hydrogens (tertiary/aromatic N) is 3. The van der Waals surface area contributed by atoms with E-state index in [1.807, 2.05) is 0 Å². The second-order valence-corrected chi connectivity index (χ2v) is 5.84. The Morgan fingerprint density at radius 3 is 2.53 bits per heavy atom. The monoisotopic (exact) mass is 253 g/mol. The van der Waals surface area contributed by atoms with Gasteiger partial charge in [0.1, 0.15) is 11.6 Å². The van der Waals surface area contributed by atoms with Crippen LogP contribution in [0.4, 0.5) is 0 Å². The molecule has 0 amide bonds. The summed E-state index contributed by atoms with van der Waals surface area (Å²) >= 11 is 0. The predicted octanol–water partition coefficient (Wildman–Crippen LogP) is 3.28. The number of aromatic nitrogens is 3. The van der Waals surface area contributed by atoms with E-state index in [0.717, 1.165) is 13.0 Å². The zero-order valence-corrected chi connectivity index (χ0v) is 11.1. The molecule has 1 fully saturated rings. The van der Waals surface area contributed by atoms with Crippen LogP contribution in [0, 0.1) is 0 Å². The number of fused-ring (bicyclic) bond motifs is 1. The molecule has 1 aliphatic heterocycles. The molecule has 1 aromatic carbocycles. The van der Waals surface area contributed by atoms with Crippen molar-refractivity contribution in [3.05, 3.63) is 47.5 Å². The summed E-state index contributed by atoms with van der Waals surface area (Å²) in [5.41, 5.74) is 1.48. The lowest BCUT2D eigenvalue weighted by Gasteiger charge is -2.14. The average molecular weight is 253 g/mol. The molecule has 2 heterocycles. The molecule has 98 valence electrons. The van der Waals surface area contributed by atoms with Gasteiger partial charge in [0.25, 0.3) is 0 Å². The highest BCUT2D eigenvalue weighted by atomic mass is 15.3. The number of hydrogen-bond acceptors (Lipinski definition) is 2. The van der Waals surface area contributed by atoms with Crippen molar-refractivity contribution in [2.24, 2.45) is 0 Å². The van der Waals surface area contributed by atoms with Crippen molar-refractivity contribution >= 4 is 0 Å². The first-order chi connectivity index (χ1) is 9.42. The molecule has 4 rings (SSSR count). The van der Waals surface area contributed by atoms with E-state index < -0.39 is 0 Å². The van der Waals surface area contributed by atoms with Gasteiger partial charge in [-0.1, -0.05) is 30.3 Å². The minimum Gasteiger partial charge on any atom is -0.315 e. The van der Waals surface area contributed by atoms with Gasteiger partial charge in [-0.2, -0.15) is 0 Å². The smallest absolute Gasteiger partial charge is 0.136 e. The molecular weight excluding hydrogens is 234 g/mol. The highest BCUT2D eigenvalue weighted by Gasteiger charge is 2.31. The molecule has 19 heavy (non-hydrogen) atoms. The third-order valence-electron chi connectivity index (χ3n) is 4.49. The summed E-state index contributed by atoms with van der Waals surface area (Å²) in [6, 6.07) is 10.9. The van der Waals surface area contributed by atoms with Crippen LogP contribution in [-0.2, 0) is 13.0 Å². The maximum absolute atomic E-state index is 4.42. The van der Waals surface area contributed by atoms with Crippen molar-refractivity contribution in [2.75, 3.05) is 0 Å². The van der Waals surface area contributed by atoms with Crippen LogP contribution in [0.2, 0.25) is 0 Å². The van der Waals surface area contributed by atoms with Crippen LogP contribution < -0.4 is 0 Å². The van der Waals surface area contributed by atoms with Gasteiger partial charge < -0.3 is 4.57 Å². The lowest BCUT2D eigenvalue weighted by molar-refractivity contribution is 0.548. The zero-order valence-electron chi connectivity index (χ0n) is 11.1. The van der Waals surface area contributed by atoms with Crippen molar-refractivity contribution in [1.82, 2.24) is 14.8 Å². The SMILES string of the molecule is c1ccc(C2CCc3nnc(C4CC4)n3CC2)cc1. The molecule has 0 bridgehead atoms.